The fourth-order valence-corrected chi connectivity index (χ4v) is 3.15. The summed E-state index contributed by atoms with van der Waals surface area (Å²) in [5.74, 6) is -1.70. The molecule has 8 heteroatoms. The third-order valence-electron chi connectivity index (χ3n) is 4.42. The summed E-state index contributed by atoms with van der Waals surface area (Å²) in [5.41, 5.74) is -0.822. The predicted molar refractivity (Wildman–Crippen MR) is 104 cm³/mol. The summed E-state index contributed by atoms with van der Waals surface area (Å²) < 4.78 is 28.6. The summed E-state index contributed by atoms with van der Waals surface area (Å²) in [7, 11) is 1.44. The van der Waals surface area contributed by atoms with E-state index in [1.807, 2.05) is 0 Å². The first kappa shape index (κ1) is 20.5. The summed E-state index contributed by atoms with van der Waals surface area (Å²) in [6.45, 7) is 2.90. The Hall–Kier alpha value is -3.19. The lowest BCUT2D eigenvalue weighted by molar-refractivity contribution is 0.0314. The van der Waals surface area contributed by atoms with Crippen LogP contribution in [0.3, 0.4) is 0 Å². The average Bonchev–Trinajstić information content (AvgIpc) is 2.66. The van der Waals surface area contributed by atoms with Gasteiger partial charge >= 0.3 is 11.6 Å². The normalized spacial score (nSPS) is 11.9. The average molecular weight is 419 g/mol. The van der Waals surface area contributed by atoms with Crippen molar-refractivity contribution in [2.45, 2.75) is 20.0 Å². The molecule has 0 amide bonds. The molecular formula is C21H16ClFO6. The van der Waals surface area contributed by atoms with E-state index in [0.717, 1.165) is 6.07 Å². The zero-order valence-electron chi connectivity index (χ0n) is 15.7. The van der Waals surface area contributed by atoms with Gasteiger partial charge in [0.05, 0.1) is 12.1 Å². The molecule has 0 aliphatic carbocycles. The molecule has 1 aromatic heterocycles. The van der Waals surface area contributed by atoms with E-state index < -0.39 is 29.3 Å². The SMILES string of the molecule is COc1ccc(C(=O)C(C)OC(=O)c2c(C)c3ccc(F)cc3oc2=O)cc1Cl. The summed E-state index contributed by atoms with van der Waals surface area (Å²) in [6, 6.07) is 8.04. The van der Waals surface area contributed by atoms with Crippen LogP contribution in [0.5, 0.6) is 5.75 Å². The molecule has 0 aliphatic rings. The first-order valence-electron chi connectivity index (χ1n) is 8.54. The molecule has 0 spiro atoms. The highest BCUT2D eigenvalue weighted by atomic mass is 35.5. The van der Waals surface area contributed by atoms with E-state index in [2.05, 4.69) is 0 Å². The molecule has 6 nitrogen and oxygen atoms in total. The first-order valence-corrected chi connectivity index (χ1v) is 8.92. The number of ether oxygens (including phenoxy) is 2. The van der Waals surface area contributed by atoms with Crippen molar-refractivity contribution < 1.29 is 27.9 Å². The van der Waals surface area contributed by atoms with Crippen LogP contribution in [0.25, 0.3) is 11.0 Å². The van der Waals surface area contributed by atoms with Gasteiger partial charge in [-0.1, -0.05) is 11.6 Å². The van der Waals surface area contributed by atoms with Gasteiger partial charge in [-0.25, -0.2) is 14.0 Å². The number of methoxy groups -OCH3 is 1. The van der Waals surface area contributed by atoms with E-state index in [1.54, 1.807) is 0 Å². The van der Waals surface area contributed by atoms with Gasteiger partial charge in [-0.3, -0.25) is 4.79 Å². The van der Waals surface area contributed by atoms with E-state index in [-0.39, 0.29) is 27.3 Å². The highest BCUT2D eigenvalue weighted by Crippen LogP contribution is 2.26. The van der Waals surface area contributed by atoms with Crippen LogP contribution in [0.4, 0.5) is 4.39 Å². The Morgan fingerprint density at radius 3 is 2.55 bits per heavy atom. The third kappa shape index (κ3) is 4.00. The maximum absolute atomic E-state index is 13.3. The summed E-state index contributed by atoms with van der Waals surface area (Å²) in [5, 5.41) is 0.619. The third-order valence-corrected chi connectivity index (χ3v) is 4.72. The van der Waals surface area contributed by atoms with Crippen LogP contribution < -0.4 is 10.4 Å². The number of hydrogen-bond donors (Lipinski definition) is 0. The van der Waals surface area contributed by atoms with Gasteiger partial charge in [-0.05, 0) is 49.7 Å². The van der Waals surface area contributed by atoms with Crippen molar-refractivity contribution in [1.29, 1.82) is 0 Å². The molecule has 3 rings (SSSR count). The van der Waals surface area contributed by atoms with Gasteiger partial charge in [0.1, 0.15) is 22.7 Å². The smallest absolute Gasteiger partial charge is 0.351 e. The van der Waals surface area contributed by atoms with E-state index in [4.69, 9.17) is 25.5 Å². The number of halogens is 2. The minimum absolute atomic E-state index is 0.0149. The van der Waals surface area contributed by atoms with Crippen LogP contribution in [0.15, 0.2) is 45.6 Å². The molecule has 0 bridgehead atoms. The van der Waals surface area contributed by atoms with Crippen molar-refractivity contribution in [2.24, 2.45) is 0 Å². The van der Waals surface area contributed by atoms with Gasteiger partial charge in [-0.2, -0.15) is 0 Å². The van der Waals surface area contributed by atoms with Crippen molar-refractivity contribution >= 4 is 34.3 Å². The van der Waals surface area contributed by atoms with Crippen molar-refractivity contribution in [3.05, 3.63) is 74.3 Å². The Bertz CT molecular complexity index is 1180. The number of fused-ring (bicyclic) bond motifs is 1. The van der Waals surface area contributed by atoms with Crippen LogP contribution in [-0.2, 0) is 4.74 Å². The van der Waals surface area contributed by atoms with Crippen molar-refractivity contribution in [2.75, 3.05) is 7.11 Å². The van der Waals surface area contributed by atoms with E-state index >= 15 is 0 Å². The molecule has 0 saturated carbocycles. The first-order chi connectivity index (χ1) is 13.7. The topological polar surface area (TPSA) is 82.8 Å². The van der Waals surface area contributed by atoms with Gasteiger partial charge in [-0.15, -0.1) is 0 Å². The lowest BCUT2D eigenvalue weighted by Gasteiger charge is -2.14. The molecule has 1 unspecified atom stereocenters. The molecule has 3 aromatic rings. The molecule has 1 heterocycles. The Balaban J connectivity index is 1.88. The van der Waals surface area contributed by atoms with Gasteiger partial charge < -0.3 is 13.9 Å². The Kier molecular flexibility index (Phi) is 5.70. The number of rotatable bonds is 5. The highest BCUT2D eigenvalue weighted by molar-refractivity contribution is 6.32. The minimum Gasteiger partial charge on any atom is -0.495 e. The maximum atomic E-state index is 13.3. The second-order valence-corrected chi connectivity index (χ2v) is 6.70. The van der Waals surface area contributed by atoms with Crippen LogP contribution in [0.2, 0.25) is 5.02 Å². The monoisotopic (exact) mass is 418 g/mol. The van der Waals surface area contributed by atoms with Crippen molar-refractivity contribution in [3.8, 4) is 5.75 Å². The Labute approximate surface area is 169 Å². The summed E-state index contributed by atoms with van der Waals surface area (Å²) >= 11 is 6.02. The number of carbonyl (C=O) groups is 2. The quantitative estimate of drug-likeness (QED) is 0.348. The van der Waals surface area contributed by atoms with Crippen LogP contribution in [0, 0.1) is 12.7 Å². The van der Waals surface area contributed by atoms with Crippen molar-refractivity contribution in [3.63, 3.8) is 0 Å². The Morgan fingerprint density at radius 1 is 1.17 bits per heavy atom. The van der Waals surface area contributed by atoms with Crippen LogP contribution in [-0.4, -0.2) is 25.0 Å². The molecule has 0 saturated heterocycles. The second-order valence-electron chi connectivity index (χ2n) is 6.29. The number of esters is 1. The molecule has 0 radical (unpaired) electrons. The van der Waals surface area contributed by atoms with E-state index in [1.165, 1.54) is 51.3 Å². The molecule has 0 aliphatic heterocycles. The number of hydrogen-bond acceptors (Lipinski definition) is 6. The van der Waals surface area contributed by atoms with Gasteiger partial charge in [0.15, 0.2) is 6.10 Å². The van der Waals surface area contributed by atoms with Gasteiger partial charge in [0.2, 0.25) is 5.78 Å². The Morgan fingerprint density at radius 2 is 1.90 bits per heavy atom. The lowest BCUT2D eigenvalue weighted by Crippen LogP contribution is -2.27. The maximum Gasteiger partial charge on any atom is 0.351 e. The standard InChI is InChI=1S/C21H16ClFO6/c1-10-14-6-5-13(23)9-17(14)29-21(26)18(10)20(25)28-11(2)19(24)12-4-7-16(27-3)15(22)8-12/h4-9,11H,1-3H3. The van der Waals surface area contributed by atoms with Gasteiger partial charge in [0, 0.05) is 17.0 Å². The molecule has 150 valence electrons. The molecule has 2 aromatic carbocycles. The molecular weight excluding hydrogens is 403 g/mol. The highest BCUT2D eigenvalue weighted by Gasteiger charge is 2.25. The van der Waals surface area contributed by atoms with E-state index in [9.17, 15) is 18.8 Å². The fourth-order valence-electron chi connectivity index (χ4n) is 2.89. The van der Waals surface area contributed by atoms with Crippen LogP contribution >= 0.6 is 11.6 Å². The van der Waals surface area contributed by atoms with Crippen molar-refractivity contribution in [1.82, 2.24) is 0 Å². The zero-order valence-corrected chi connectivity index (χ0v) is 16.5. The number of Topliss-reactive ketones (excluding diaryl/α,β-unsaturated/α-hetero) is 1. The summed E-state index contributed by atoms with van der Waals surface area (Å²) in [6.07, 6.45) is -1.19. The fraction of sp³-hybridized carbons (Fsp3) is 0.190. The zero-order chi connectivity index (χ0) is 21.3. The largest absolute Gasteiger partial charge is 0.495 e. The number of carbonyl (C=O) groups excluding carboxylic acids is 2. The summed E-state index contributed by atoms with van der Waals surface area (Å²) in [4.78, 5) is 37.4. The second kappa shape index (κ2) is 8.05. The molecule has 29 heavy (non-hydrogen) atoms. The predicted octanol–water partition coefficient (Wildman–Crippen LogP) is 4.33. The molecule has 1 atom stereocenters. The molecule has 0 N–H and O–H groups in total. The van der Waals surface area contributed by atoms with E-state index in [0.29, 0.717) is 11.1 Å². The number of benzene rings is 2. The number of ketones is 1. The number of aryl methyl sites for hydroxylation is 1. The lowest BCUT2D eigenvalue weighted by atomic mass is 10.1. The minimum atomic E-state index is -1.19. The molecule has 0 fully saturated rings. The van der Waals surface area contributed by atoms with Gasteiger partial charge in [0.25, 0.3) is 0 Å². The van der Waals surface area contributed by atoms with Crippen LogP contribution in [0.1, 0.15) is 33.2 Å².